The second-order valence-electron chi connectivity index (χ2n) is 4.49. The molecular weight excluding hydrogens is 238 g/mol. The van der Waals surface area contributed by atoms with Crippen molar-refractivity contribution in [3.8, 4) is 6.07 Å². The molecule has 0 fully saturated rings. The molecule has 4 heteroatoms. The van der Waals surface area contributed by atoms with E-state index in [1.807, 2.05) is 31.2 Å². The first kappa shape index (κ1) is 15.2. The van der Waals surface area contributed by atoms with Gasteiger partial charge in [-0.25, -0.2) is 0 Å². The Morgan fingerprint density at radius 2 is 1.89 bits per heavy atom. The number of nitrogens with zero attached hydrogens (tertiary/aromatic N) is 1. The van der Waals surface area contributed by atoms with Crippen LogP contribution in [0.1, 0.15) is 35.2 Å². The van der Waals surface area contributed by atoms with Gasteiger partial charge in [-0.1, -0.05) is 17.7 Å². The van der Waals surface area contributed by atoms with Crippen LogP contribution in [0.5, 0.6) is 0 Å². The molecule has 1 aromatic rings. The molecule has 0 aliphatic heterocycles. The van der Waals surface area contributed by atoms with E-state index in [4.69, 9.17) is 5.26 Å². The van der Waals surface area contributed by atoms with Crippen molar-refractivity contribution in [2.24, 2.45) is 0 Å². The van der Waals surface area contributed by atoms with Gasteiger partial charge in [0, 0.05) is 25.1 Å². The fourth-order valence-electron chi connectivity index (χ4n) is 1.65. The molecule has 0 aliphatic rings. The van der Waals surface area contributed by atoms with Crippen LogP contribution in [0.25, 0.3) is 0 Å². The Kier molecular flexibility index (Phi) is 7.30. The first-order valence-electron chi connectivity index (χ1n) is 6.66. The van der Waals surface area contributed by atoms with Crippen LogP contribution in [-0.2, 0) is 0 Å². The monoisotopic (exact) mass is 259 g/mol. The van der Waals surface area contributed by atoms with Gasteiger partial charge in [-0.2, -0.15) is 5.26 Å². The summed E-state index contributed by atoms with van der Waals surface area (Å²) in [5, 5.41) is 14.5. The van der Waals surface area contributed by atoms with Crippen molar-refractivity contribution in [1.29, 1.82) is 5.26 Å². The lowest BCUT2D eigenvalue weighted by Gasteiger charge is -2.06. The minimum absolute atomic E-state index is 0.0359. The molecule has 1 aromatic carbocycles. The average Bonchev–Trinajstić information content (AvgIpc) is 2.42. The van der Waals surface area contributed by atoms with Crippen LogP contribution in [0.2, 0.25) is 0 Å². The van der Waals surface area contributed by atoms with Crippen molar-refractivity contribution in [3.63, 3.8) is 0 Å². The quantitative estimate of drug-likeness (QED) is 0.702. The Labute approximate surface area is 114 Å². The van der Waals surface area contributed by atoms with Crippen molar-refractivity contribution in [2.75, 3.05) is 19.6 Å². The van der Waals surface area contributed by atoms with Crippen LogP contribution in [0.4, 0.5) is 0 Å². The van der Waals surface area contributed by atoms with Crippen molar-refractivity contribution >= 4 is 5.91 Å². The van der Waals surface area contributed by atoms with Gasteiger partial charge in [0.05, 0.1) is 6.07 Å². The minimum atomic E-state index is -0.0359. The maximum atomic E-state index is 11.8. The summed E-state index contributed by atoms with van der Waals surface area (Å²) in [4.78, 5) is 11.8. The molecule has 2 N–H and O–H groups in total. The number of hydrogen-bond donors (Lipinski definition) is 2. The highest BCUT2D eigenvalue weighted by Gasteiger charge is 2.03. The Bertz CT molecular complexity index is 420. The van der Waals surface area contributed by atoms with E-state index in [1.165, 1.54) is 0 Å². The molecule has 19 heavy (non-hydrogen) atoms. The van der Waals surface area contributed by atoms with Gasteiger partial charge in [-0.15, -0.1) is 0 Å². The smallest absolute Gasteiger partial charge is 0.251 e. The zero-order valence-electron chi connectivity index (χ0n) is 11.4. The maximum Gasteiger partial charge on any atom is 0.251 e. The highest BCUT2D eigenvalue weighted by Crippen LogP contribution is 2.02. The van der Waals surface area contributed by atoms with E-state index in [1.54, 1.807) is 0 Å². The number of hydrogen-bond acceptors (Lipinski definition) is 3. The summed E-state index contributed by atoms with van der Waals surface area (Å²) in [7, 11) is 0. The van der Waals surface area contributed by atoms with Crippen LogP contribution < -0.4 is 10.6 Å². The number of carbonyl (C=O) groups is 1. The van der Waals surface area contributed by atoms with Crippen molar-refractivity contribution in [1.82, 2.24) is 10.6 Å². The maximum absolute atomic E-state index is 11.8. The van der Waals surface area contributed by atoms with E-state index in [2.05, 4.69) is 16.7 Å². The molecule has 0 aliphatic carbocycles. The summed E-state index contributed by atoms with van der Waals surface area (Å²) < 4.78 is 0. The molecule has 0 aromatic heterocycles. The van der Waals surface area contributed by atoms with Crippen molar-refractivity contribution < 1.29 is 4.79 Å². The predicted octanol–water partition coefficient (Wildman–Crippen LogP) is 2.01. The van der Waals surface area contributed by atoms with Gasteiger partial charge in [0.1, 0.15) is 0 Å². The van der Waals surface area contributed by atoms with E-state index in [0.717, 1.165) is 31.5 Å². The van der Waals surface area contributed by atoms with Crippen LogP contribution in [0, 0.1) is 18.3 Å². The van der Waals surface area contributed by atoms with E-state index in [-0.39, 0.29) is 5.91 Å². The number of unbranched alkanes of at least 4 members (excludes halogenated alkanes) is 2. The van der Waals surface area contributed by atoms with Gasteiger partial charge in [0.25, 0.3) is 5.91 Å². The lowest BCUT2D eigenvalue weighted by molar-refractivity contribution is 0.0954. The first-order valence-corrected chi connectivity index (χ1v) is 6.66. The third kappa shape index (κ3) is 6.58. The third-order valence-corrected chi connectivity index (χ3v) is 2.79. The molecule has 1 amide bonds. The van der Waals surface area contributed by atoms with Gasteiger partial charge in [-0.3, -0.25) is 4.79 Å². The van der Waals surface area contributed by atoms with E-state index in [9.17, 15) is 4.79 Å². The number of amides is 1. The SMILES string of the molecule is Cc1ccc(C(=O)NCCNCCCCC#N)cc1. The first-order chi connectivity index (χ1) is 9.24. The third-order valence-electron chi connectivity index (χ3n) is 2.79. The Morgan fingerprint density at radius 3 is 2.58 bits per heavy atom. The Morgan fingerprint density at radius 1 is 1.16 bits per heavy atom. The number of nitrogens with one attached hydrogen (secondary N) is 2. The molecule has 0 atom stereocenters. The number of benzene rings is 1. The summed E-state index contributed by atoms with van der Waals surface area (Å²) in [6.45, 7) is 4.26. The number of carbonyl (C=O) groups excluding carboxylic acids is 1. The number of nitriles is 1. The fraction of sp³-hybridized carbons (Fsp3) is 0.467. The van der Waals surface area contributed by atoms with E-state index < -0.39 is 0 Å². The molecule has 0 heterocycles. The highest BCUT2D eigenvalue weighted by molar-refractivity contribution is 5.94. The fourth-order valence-corrected chi connectivity index (χ4v) is 1.65. The van der Waals surface area contributed by atoms with Gasteiger partial charge in [0.15, 0.2) is 0 Å². The molecule has 0 spiro atoms. The second kappa shape index (κ2) is 9.12. The standard InChI is InChI=1S/C15H21N3O/c1-13-5-7-14(8-6-13)15(19)18-12-11-17-10-4-2-3-9-16/h5-8,17H,2-4,10-12H2,1H3,(H,18,19). The summed E-state index contributed by atoms with van der Waals surface area (Å²) >= 11 is 0. The Balaban J connectivity index is 2.08. The molecule has 0 saturated heterocycles. The molecule has 0 unspecified atom stereocenters. The highest BCUT2D eigenvalue weighted by atomic mass is 16.1. The second-order valence-corrected chi connectivity index (χ2v) is 4.49. The predicted molar refractivity (Wildman–Crippen MR) is 75.8 cm³/mol. The number of rotatable bonds is 8. The molecule has 0 saturated carbocycles. The van der Waals surface area contributed by atoms with E-state index >= 15 is 0 Å². The average molecular weight is 259 g/mol. The van der Waals surface area contributed by atoms with Crippen LogP contribution >= 0.6 is 0 Å². The molecule has 0 radical (unpaired) electrons. The summed E-state index contributed by atoms with van der Waals surface area (Å²) in [5.74, 6) is -0.0359. The molecule has 1 rings (SSSR count). The lowest BCUT2D eigenvalue weighted by Crippen LogP contribution is -2.32. The van der Waals surface area contributed by atoms with Crippen LogP contribution in [-0.4, -0.2) is 25.5 Å². The van der Waals surface area contributed by atoms with Gasteiger partial charge < -0.3 is 10.6 Å². The molecule has 0 bridgehead atoms. The van der Waals surface area contributed by atoms with Crippen molar-refractivity contribution in [3.05, 3.63) is 35.4 Å². The molecular formula is C15H21N3O. The number of aryl methyl sites for hydroxylation is 1. The summed E-state index contributed by atoms with van der Waals surface area (Å²) in [6.07, 6.45) is 2.55. The molecule has 4 nitrogen and oxygen atoms in total. The Hall–Kier alpha value is -1.86. The van der Waals surface area contributed by atoms with Gasteiger partial charge in [-0.05, 0) is 38.4 Å². The van der Waals surface area contributed by atoms with E-state index in [0.29, 0.717) is 18.5 Å². The normalized spacial score (nSPS) is 9.89. The van der Waals surface area contributed by atoms with Gasteiger partial charge >= 0.3 is 0 Å². The summed E-state index contributed by atoms with van der Waals surface area (Å²) in [6, 6.07) is 9.65. The lowest BCUT2D eigenvalue weighted by atomic mass is 10.1. The zero-order chi connectivity index (χ0) is 13.9. The largest absolute Gasteiger partial charge is 0.351 e. The summed E-state index contributed by atoms with van der Waals surface area (Å²) in [5.41, 5.74) is 1.84. The van der Waals surface area contributed by atoms with Crippen LogP contribution in [0.15, 0.2) is 24.3 Å². The van der Waals surface area contributed by atoms with Gasteiger partial charge in [0.2, 0.25) is 0 Å². The zero-order valence-corrected chi connectivity index (χ0v) is 11.4. The minimum Gasteiger partial charge on any atom is -0.351 e. The van der Waals surface area contributed by atoms with Crippen molar-refractivity contribution in [2.45, 2.75) is 26.2 Å². The molecule has 102 valence electrons. The topological polar surface area (TPSA) is 64.9 Å². The van der Waals surface area contributed by atoms with Crippen LogP contribution in [0.3, 0.4) is 0 Å².